The van der Waals surface area contributed by atoms with Crippen molar-refractivity contribution in [2.45, 2.75) is 18.7 Å². The van der Waals surface area contributed by atoms with Gasteiger partial charge in [0.25, 0.3) is 5.91 Å². The fourth-order valence-corrected chi connectivity index (χ4v) is 3.98. The number of nitrogens with zero attached hydrogens (tertiary/aromatic N) is 2. The monoisotopic (exact) mass is 400 g/mol. The zero-order valence-corrected chi connectivity index (χ0v) is 16.2. The van der Waals surface area contributed by atoms with Gasteiger partial charge in [0.05, 0.1) is 4.90 Å². The van der Waals surface area contributed by atoms with Gasteiger partial charge in [-0.25, -0.2) is 13.2 Å². The molecule has 26 heavy (non-hydrogen) atoms. The van der Waals surface area contributed by atoms with Crippen molar-refractivity contribution in [3.8, 4) is 0 Å². The average molecular weight is 401 g/mol. The number of piperazine rings is 1. The second-order valence-electron chi connectivity index (χ2n) is 6.07. The highest BCUT2D eigenvalue weighted by Gasteiger charge is 2.30. The molecule has 1 aromatic carbocycles. The molecular weight excluding hydrogens is 380 g/mol. The standard InChI is InChI=1S/C17H21ClN2O5S/c1-13(2)11-17(22)25-12-16(21)19-7-9-20(10-8-19)26(23,24)15-5-3-14(18)4-6-15/h3-6,11H,7-10,12H2,1-2H3. The third-order valence-electron chi connectivity index (χ3n) is 3.79. The minimum absolute atomic E-state index is 0.164. The van der Waals surface area contributed by atoms with Crippen LogP contribution in [0.1, 0.15) is 13.8 Å². The van der Waals surface area contributed by atoms with Crippen LogP contribution in [0, 0.1) is 0 Å². The molecule has 9 heteroatoms. The summed E-state index contributed by atoms with van der Waals surface area (Å²) in [7, 11) is -3.62. The maximum Gasteiger partial charge on any atom is 0.331 e. The number of halogens is 1. The number of ether oxygens (including phenoxy) is 1. The highest BCUT2D eigenvalue weighted by atomic mass is 35.5. The van der Waals surface area contributed by atoms with Crippen molar-refractivity contribution in [1.29, 1.82) is 0 Å². The van der Waals surface area contributed by atoms with Crippen molar-refractivity contribution < 1.29 is 22.7 Å². The molecule has 1 aliphatic heterocycles. The summed E-state index contributed by atoms with van der Waals surface area (Å²) in [6, 6.07) is 5.96. The second kappa shape index (κ2) is 8.66. The molecule has 1 aliphatic rings. The summed E-state index contributed by atoms with van der Waals surface area (Å²) in [5.74, 6) is -0.911. The lowest BCUT2D eigenvalue weighted by Gasteiger charge is -2.33. The predicted molar refractivity (Wildman–Crippen MR) is 97.2 cm³/mol. The van der Waals surface area contributed by atoms with E-state index in [1.807, 2.05) is 0 Å². The number of allylic oxidation sites excluding steroid dienone is 1. The van der Waals surface area contributed by atoms with Crippen LogP contribution in [-0.2, 0) is 24.3 Å². The highest BCUT2D eigenvalue weighted by Crippen LogP contribution is 2.19. The summed E-state index contributed by atoms with van der Waals surface area (Å²) in [5, 5.41) is 0.460. The van der Waals surface area contributed by atoms with Crippen LogP contribution in [0.25, 0.3) is 0 Å². The molecule has 0 radical (unpaired) electrons. The summed E-state index contributed by atoms with van der Waals surface area (Å²) in [4.78, 5) is 25.2. The van der Waals surface area contributed by atoms with E-state index in [4.69, 9.17) is 16.3 Å². The fourth-order valence-electron chi connectivity index (χ4n) is 2.44. The third-order valence-corrected chi connectivity index (χ3v) is 5.95. The van der Waals surface area contributed by atoms with Crippen LogP contribution < -0.4 is 0 Å². The van der Waals surface area contributed by atoms with Crippen LogP contribution in [0.15, 0.2) is 40.8 Å². The van der Waals surface area contributed by atoms with Gasteiger partial charge >= 0.3 is 5.97 Å². The van der Waals surface area contributed by atoms with E-state index in [9.17, 15) is 18.0 Å². The van der Waals surface area contributed by atoms with E-state index in [0.717, 1.165) is 5.57 Å². The van der Waals surface area contributed by atoms with Gasteiger partial charge in [0.2, 0.25) is 10.0 Å². The Bertz CT molecular complexity index is 793. The van der Waals surface area contributed by atoms with E-state index in [1.165, 1.54) is 39.5 Å². The number of carbonyl (C=O) groups excluding carboxylic acids is 2. The van der Waals surface area contributed by atoms with Gasteiger partial charge in [0.1, 0.15) is 0 Å². The first-order valence-corrected chi connectivity index (χ1v) is 9.87. The molecule has 1 fully saturated rings. The molecule has 0 aliphatic carbocycles. The smallest absolute Gasteiger partial charge is 0.331 e. The molecule has 1 aromatic rings. The summed E-state index contributed by atoms with van der Waals surface area (Å²) >= 11 is 5.79. The molecule has 0 saturated carbocycles. The predicted octanol–water partition coefficient (Wildman–Crippen LogP) is 1.68. The summed E-state index contributed by atoms with van der Waals surface area (Å²) in [6.45, 7) is 3.99. The van der Waals surface area contributed by atoms with Gasteiger partial charge in [-0.2, -0.15) is 4.31 Å². The zero-order valence-electron chi connectivity index (χ0n) is 14.6. The van der Waals surface area contributed by atoms with Crippen LogP contribution in [0.4, 0.5) is 0 Å². The van der Waals surface area contributed by atoms with Crippen LogP contribution >= 0.6 is 11.6 Å². The van der Waals surface area contributed by atoms with Crippen LogP contribution in [-0.4, -0.2) is 62.3 Å². The normalized spacial score (nSPS) is 15.4. The lowest BCUT2D eigenvalue weighted by atomic mass is 10.3. The number of sulfonamides is 1. The Morgan fingerprint density at radius 2 is 1.69 bits per heavy atom. The minimum atomic E-state index is -3.62. The van der Waals surface area contributed by atoms with Crippen molar-refractivity contribution in [3.05, 3.63) is 40.9 Å². The fraction of sp³-hybridized carbons (Fsp3) is 0.412. The second-order valence-corrected chi connectivity index (χ2v) is 8.44. The summed E-state index contributed by atoms with van der Waals surface area (Å²) < 4.78 is 31.4. The number of carbonyl (C=O) groups is 2. The van der Waals surface area contributed by atoms with E-state index in [2.05, 4.69) is 0 Å². The quantitative estimate of drug-likeness (QED) is 0.554. The number of hydrogen-bond donors (Lipinski definition) is 0. The Hall–Kier alpha value is -1.90. The van der Waals surface area contributed by atoms with Gasteiger partial charge in [-0.15, -0.1) is 0 Å². The SMILES string of the molecule is CC(C)=CC(=O)OCC(=O)N1CCN(S(=O)(=O)c2ccc(Cl)cc2)CC1. The minimum Gasteiger partial charge on any atom is -0.452 e. The maximum atomic E-state index is 12.6. The number of benzene rings is 1. The molecule has 2 rings (SSSR count). The lowest BCUT2D eigenvalue weighted by Crippen LogP contribution is -2.51. The summed E-state index contributed by atoms with van der Waals surface area (Å²) in [6.07, 6.45) is 1.31. The third kappa shape index (κ3) is 5.30. The molecule has 0 bridgehead atoms. The Morgan fingerprint density at radius 3 is 2.23 bits per heavy atom. The molecule has 1 saturated heterocycles. The van der Waals surface area contributed by atoms with Crippen molar-refractivity contribution in [2.75, 3.05) is 32.8 Å². The summed E-state index contributed by atoms with van der Waals surface area (Å²) in [5.41, 5.74) is 0.781. The topological polar surface area (TPSA) is 84.0 Å². The van der Waals surface area contributed by atoms with Gasteiger partial charge in [0, 0.05) is 37.3 Å². The van der Waals surface area contributed by atoms with Crippen molar-refractivity contribution in [2.24, 2.45) is 0 Å². The molecular formula is C17H21ClN2O5S. The Labute approximate surface area is 158 Å². The zero-order chi connectivity index (χ0) is 19.3. The van der Waals surface area contributed by atoms with E-state index < -0.39 is 16.0 Å². The Balaban J connectivity index is 1.90. The van der Waals surface area contributed by atoms with Gasteiger partial charge in [-0.3, -0.25) is 4.79 Å². The molecule has 142 valence electrons. The number of hydrogen-bond acceptors (Lipinski definition) is 5. The molecule has 0 N–H and O–H groups in total. The van der Waals surface area contributed by atoms with Crippen molar-refractivity contribution in [1.82, 2.24) is 9.21 Å². The molecule has 0 aromatic heterocycles. The largest absolute Gasteiger partial charge is 0.452 e. The highest BCUT2D eigenvalue weighted by molar-refractivity contribution is 7.89. The van der Waals surface area contributed by atoms with Gasteiger partial charge in [-0.05, 0) is 38.1 Å². The number of rotatable bonds is 5. The molecule has 7 nitrogen and oxygen atoms in total. The number of amides is 1. The van der Waals surface area contributed by atoms with E-state index in [0.29, 0.717) is 5.02 Å². The lowest BCUT2D eigenvalue weighted by molar-refractivity contribution is -0.148. The van der Waals surface area contributed by atoms with Crippen LogP contribution in [0.3, 0.4) is 0 Å². The Morgan fingerprint density at radius 1 is 1.12 bits per heavy atom. The van der Waals surface area contributed by atoms with Gasteiger partial charge < -0.3 is 9.64 Å². The molecule has 1 amide bonds. The first kappa shape index (κ1) is 20.4. The molecule has 0 spiro atoms. The Kier molecular flexibility index (Phi) is 6.80. The van der Waals surface area contributed by atoms with E-state index in [-0.39, 0.29) is 43.6 Å². The average Bonchev–Trinajstić information content (AvgIpc) is 2.59. The molecule has 0 atom stereocenters. The van der Waals surface area contributed by atoms with Crippen molar-refractivity contribution in [3.63, 3.8) is 0 Å². The van der Waals surface area contributed by atoms with Gasteiger partial charge in [0.15, 0.2) is 6.61 Å². The first-order valence-electron chi connectivity index (χ1n) is 8.05. The maximum absolute atomic E-state index is 12.6. The number of esters is 1. The van der Waals surface area contributed by atoms with E-state index >= 15 is 0 Å². The van der Waals surface area contributed by atoms with Crippen LogP contribution in [0.2, 0.25) is 5.02 Å². The van der Waals surface area contributed by atoms with Gasteiger partial charge in [-0.1, -0.05) is 17.2 Å². The molecule has 0 unspecified atom stereocenters. The van der Waals surface area contributed by atoms with Crippen LogP contribution in [0.5, 0.6) is 0 Å². The first-order chi connectivity index (χ1) is 12.2. The van der Waals surface area contributed by atoms with Crippen molar-refractivity contribution >= 4 is 33.5 Å². The van der Waals surface area contributed by atoms with E-state index in [1.54, 1.807) is 13.8 Å². The molecule has 1 heterocycles.